The highest BCUT2D eigenvalue weighted by Crippen LogP contribution is 2.33. The number of fused-ring (bicyclic) bond motifs is 1. The first-order valence-electron chi connectivity index (χ1n) is 6.50. The largest absolute Gasteiger partial charge is 0.350 e. The number of carbonyl (C=O) groups is 2. The van der Waals surface area contributed by atoms with Crippen molar-refractivity contribution in [2.75, 3.05) is 4.43 Å². The van der Waals surface area contributed by atoms with E-state index in [-0.39, 0.29) is 17.8 Å². The Morgan fingerprint density at radius 1 is 1.55 bits per heavy atom. The summed E-state index contributed by atoms with van der Waals surface area (Å²) in [5.74, 6) is -0.678. The molecule has 0 N–H and O–H groups in total. The smallest absolute Gasteiger partial charge is 0.240 e. The van der Waals surface area contributed by atoms with Crippen LogP contribution in [0.25, 0.3) is 0 Å². The third-order valence-electron chi connectivity index (χ3n) is 3.91. The quantitative estimate of drug-likeness (QED) is 0.411. The van der Waals surface area contributed by atoms with Crippen LogP contribution in [0.3, 0.4) is 0 Å². The van der Waals surface area contributed by atoms with Crippen molar-refractivity contribution >= 4 is 40.0 Å². The summed E-state index contributed by atoms with van der Waals surface area (Å²) in [6.07, 6.45) is 3.32. The van der Waals surface area contributed by atoms with Crippen molar-refractivity contribution in [2.45, 2.75) is 31.7 Å². The van der Waals surface area contributed by atoms with Crippen molar-refractivity contribution in [3.05, 3.63) is 24.4 Å². The number of rotatable bonds is 2. The Labute approximate surface area is 130 Å². The third kappa shape index (κ3) is 2.05. The summed E-state index contributed by atoms with van der Waals surface area (Å²) < 4.78 is 6.71. The van der Waals surface area contributed by atoms with Crippen molar-refractivity contribution < 1.29 is 14.3 Å². The van der Waals surface area contributed by atoms with Gasteiger partial charge in [0.15, 0.2) is 12.0 Å². The molecule has 20 heavy (non-hydrogen) atoms. The van der Waals surface area contributed by atoms with Gasteiger partial charge in [-0.1, -0.05) is 29.2 Å². The zero-order valence-corrected chi connectivity index (χ0v) is 13.2. The second-order valence-electron chi connectivity index (χ2n) is 5.28. The van der Waals surface area contributed by atoms with Crippen LogP contribution in [0.2, 0.25) is 0 Å². The van der Waals surface area contributed by atoms with Crippen molar-refractivity contribution in [1.29, 1.82) is 0 Å². The minimum atomic E-state index is -0.543. The fraction of sp³-hybridized carbons (Fsp3) is 0.500. The summed E-state index contributed by atoms with van der Waals surface area (Å²) in [5.41, 5.74) is 1.60. The summed E-state index contributed by atoms with van der Waals surface area (Å²) in [4.78, 5) is 30.2. The maximum absolute atomic E-state index is 12.6. The van der Waals surface area contributed by atoms with E-state index in [0.717, 1.165) is 22.1 Å². The Bertz CT molecular complexity index is 555. The zero-order chi connectivity index (χ0) is 14.4. The van der Waals surface area contributed by atoms with Gasteiger partial charge < -0.3 is 4.74 Å². The average Bonchev–Trinajstić information content (AvgIpc) is 2.72. The van der Waals surface area contributed by atoms with Gasteiger partial charge in [-0.3, -0.25) is 19.5 Å². The molecular formula is C14H15IN2O3. The second-order valence-corrected chi connectivity index (χ2v) is 6.16. The average molecular weight is 386 g/mol. The summed E-state index contributed by atoms with van der Waals surface area (Å²) in [7, 11) is 0. The number of nitrogens with zero attached hydrogens (tertiary/aromatic N) is 2. The normalized spacial score (nSPS) is 36.6. The van der Waals surface area contributed by atoms with Crippen LogP contribution in [0.15, 0.2) is 29.4 Å². The van der Waals surface area contributed by atoms with Crippen molar-refractivity contribution in [3.63, 3.8) is 0 Å². The summed E-state index contributed by atoms with van der Waals surface area (Å²) in [6.45, 7) is 5.79. The Hall–Kier alpha value is -1.02. The minimum absolute atomic E-state index is 0.0835. The van der Waals surface area contributed by atoms with Crippen LogP contribution >= 0.6 is 22.6 Å². The molecule has 6 heteroatoms. The van der Waals surface area contributed by atoms with Gasteiger partial charge in [0.1, 0.15) is 12.0 Å². The van der Waals surface area contributed by atoms with Crippen LogP contribution < -0.4 is 0 Å². The predicted molar refractivity (Wildman–Crippen MR) is 82.7 cm³/mol. The molecule has 0 aromatic carbocycles. The maximum Gasteiger partial charge on any atom is 0.240 e. The van der Waals surface area contributed by atoms with Crippen molar-refractivity contribution in [1.82, 2.24) is 4.90 Å². The van der Waals surface area contributed by atoms with E-state index in [1.165, 1.54) is 17.2 Å². The number of halogens is 1. The minimum Gasteiger partial charge on any atom is -0.350 e. The maximum atomic E-state index is 12.6. The number of ketones is 1. The molecule has 0 saturated carbocycles. The van der Waals surface area contributed by atoms with Gasteiger partial charge in [-0.2, -0.15) is 0 Å². The SMILES string of the molecule is C=C1C[C@@H](CI)O[C@H]1N1C=CC(=O)C2N=C(C)C2C1=O. The lowest BCUT2D eigenvalue weighted by molar-refractivity contribution is -0.141. The number of ether oxygens (including phenoxy) is 1. The zero-order valence-electron chi connectivity index (χ0n) is 11.1. The molecule has 0 aromatic rings. The lowest BCUT2D eigenvalue weighted by Gasteiger charge is -2.33. The number of hydrogen-bond donors (Lipinski definition) is 0. The molecule has 2 unspecified atom stereocenters. The molecule has 3 rings (SSSR count). The predicted octanol–water partition coefficient (Wildman–Crippen LogP) is 1.48. The number of aliphatic imine (C=N–C) groups is 1. The molecule has 0 radical (unpaired) electrons. The van der Waals surface area contributed by atoms with E-state index < -0.39 is 18.2 Å². The first-order valence-corrected chi connectivity index (χ1v) is 8.03. The standard InChI is InChI=1S/C14H15IN2O3/c1-7-5-9(6-15)20-14(7)17-4-3-10(18)12-11(13(17)19)8(2)16-12/h3-4,9,11-12,14H,1,5-6H2,2H3/t9-,11?,12?,14+/m0/s1. The van der Waals surface area contributed by atoms with E-state index in [4.69, 9.17) is 4.74 Å². The van der Waals surface area contributed by atoms with Gasteiger partial charge in [-0.25, -0.2) is 0 Å². The van der Waals surface area contributed by atoms with E-state index in [9.17, 15) is 9.59 Å². The Kier molecular flexibility index (Phi) is 3.53. The Balaban J connectivity index is 1.88. The second kappa shape index (κ2) is 5.07. The summed E-state index contributed by atoms with van der Waals surface area (Å²) >= 11 is 2.26. The van der Waals surface area contributed by atoms with Gasteiger partial charge in [-0.05, 0) is 25.0 Å². The Morgan fingerprint density at radius 2 is 2.30 bits per heavy atom. The van der Waals surface area contributed by atoms with E-state index in [2.05, 4.69) is 34.2 Å². The number of alkyl halides is 1. The van der Waals surface area contributed by atoms with Gasteiger partial charge in [-0.15, -0.1) is 0 Å². The van der Waals surface area contributed by atoms with Crippen LogP contribution in [0.5, 0.6) is 0 Å². The molecular weight excluding hydrogens is 371 g/mol. The van der Waals surface area contributed by atoms with E-state index >= 15 is 0 Å². The first-order chi connectivity index (χ1) is 9.52. The molecule has 0 aliphatic carbocycles. The van der Waals surface area contributed by atoms with Crippen LogP contribution in [0.1, 0.15) is 13.3 Å². The fourth-order valence-electron chi connectivity index (χ4n) is 2.82. The number of hydrogen-bond acceptors (Lipinski definition) is 4. The summed E-state index contributed by atoms with van der Waals surface area (Å²) in [5, 5.41) is 0. The van der Waals surface area contributed by atoms with Gasteiger partial charge in [0.25, 0.3) is 0 Å². The van der Waals surface area contributed by atoms with Gasteiger partial charge in [0, 0.05) is 16.3 Å². The molecule has 5 nitrogen and oxygen atoms in total. The molecule has 0 spiro atoms. The van der Waals surface area contributed by atoms with Gasteiger partial charge >= 0.3 is 0 Å². The highest BCUT2D eigenvalue weighted by molar-refractivity contribution is 14.1. The molecule has 1 saturated heterocycles. The highest BCUT2D eigenvalue weighted by atomic mass is 127. The van der Waals surface area contributed by atoms with Crippen molar-refractivity contribution in [2.24, 2.45) is 10.9 Å². The molecule has 1 fully saturated rings. The molecule has 4 atom stereocenters. The van der Waals surface area contributed by atoms with Gasteiger partial charge in [0.05, 0.1) is 6.10 Å². The van der Waals surface area contributed by atoms with Crippen LogP contribution in [-0.4, -0.2) is 45.1 Å². The topological polar surface area (TPSA) is 59.0 Å². The first kappa shape index (κ1) is 13.9. The summed E-state index contributed by atoms with van der Waals surface area (Å²) in [6, 6.07) is -0.543. The van der Waals surface area contributed by atoms with Gasteiger partial charge in [0.2, 0.25) is 5.91 Å². The molecule has 1 amide bonds. The lowest BCUT2D eigenvalue weighted by atomic mass is 9.85. The lowest BCUT2D eigenvalue weighted by Crippen LogP contribution is -2.50. The molecule has 0 bridgehead atoms. The molecule has 3 aliphatic heterocycles. The Morgan fingerprint density at radius 3 is 2.90 bits per heavy atom. The van der Waals surface area contributed by atoms with E-state index in [0.29, 0.717) is 0 Å². The molecule has 0 aromatic heterocycles. The van der Waals surface area contributed by atoms with E-state index in [1.54, 1.807) is 6.92 Å². The monoisotopic (exact) mass is 386 g/mol. The van der Waals surface area contributed by atoms with Crippen LogP contribution in [0.4, 0.5) is 0 Å². The van der Waals surface area contributed by atoms with Crippen LogP contribution in [-0.2, 0) is 14.3 Å². The third-order valence-corrected chi connectivity index (χ3v) is 4.89. The van der Waals surface area contributed by atoms with E-state index in [1.807, 2.05) is 0 Å². The van der Waals surface area contributed by atoms with Crippen molar-refractivity contribution in [3.8, 4) is 0 Å². The fourth-order valence-corrected chi connectivity index (χ4v) is 3.33. The van der Waals surface area contributed by atoms with Crippen LogP contribution in [0, 0.1) is 5.92 Å². The molecule has 106 valence electrons. The number of carbonyl (C=O) groups excluding carboxylic acids is 2. The molecule has 3 aliphatic rings. The highest BCUT2D eigenvalue weighted by Gasteiger charge is 2.47. The number of amides is 1. The molecule has 3 heterocycles.